The third kappa shape index (κ3) is 5.56. The molecule has 0 N–H and O–H groups in total. The summed E-state index contributed by atoms with van der Waals surface area (Å²) in [6, 6.07) is 13.4. The first-order valence-electron chi connectivity index (χ1n) is 11.4. The van der Waals surface area contributed by atoms with E-state index in [1.165, 1.54) is 24.4 Å². The van der Waals surface area contributed by atoms with E-state index in [-0.39, 0.29) is 17.3 Å². The minimum Gasteiger partial charge on any atom is -0.406 e. The maximum absolute atomic E-state index is 13.9. The highest BCUT2D eigenvalue weighted by Gasteiger charge is 2.32. The molecule has 1 aliphatic heterocycles. The summed E-state index contributed by atoms with van der Waals surface area (Å²) in [6.07, 6.45) is -1.82. The Morgan fingerprint density at radius 2 is 1.79 bits per heavy atom. The van der Waals surface area contributed by atoms with Crippen molar-refractivity contribution in [2.24, 2.45) is 0 Å². The Hall–Kier alpha value is -3.36. The number of hydrogen-bond donors (Lipinski definition) is 0. The Bertz CT molecular complexity index is 1520. The number of rotatable bonds is 7. The number of halogens is 4. The van der Waals surface area contributed by atoms with Crippen LogP contribution in [0.15, 0.2) is 76.5 Å². The number of sulfonamides is 1. The van der Waals surface area contributed by atoms with E-state index in [1.54, 1.807) is 34.9 Å². The van der Waals surface area contributed by atoms with Crippen LogP contribution < -0.4 is 13.9 Å². The number of imidazole rings is 1. The first-order chi connectivity index (χ1) is 18.1. The molecule has 1 fully saturated rings. The van der Waals surface area contributed by atoms with Gasteiger partial charge in [-0.1, -0.05) is 18.2 Å². The van der Waals surface area contributed by atoms with Gasteiger partial charge in [-0.3, -0.25) is 4.40 Å². The van der Waals surface area contributed by atoms with Crippen molar-refractivity contribution in [1.82, 2.24) is 14.4 Å². The van der Waals surface area contributed by atoms with Gasteiger partial charge in [-0.15, -0.1) is 13.2 Å². The number of ether oxygens (including phenoxy) is 2. The van der Waals surface area contributed by atoms with Crippen molar-refractivity contribution < 1.29 is 31.1 Å². The third-order valence-corrected chi connectivity index (χ3v) is 8.27. The first kappa shape index (κ1) is 26.3. The van der Waals surface area contributed by atoms with E-state index in [9.17, 15) is 21.6 Å². The van der Waals surface area contributed by atoms with Crippen molar-refractivity contribution in [1.29, 1.82) is 0 Å². The highest BCUT2D eigenvalue weighted by atomic mass is 79.9. The smallest absolute Gasteiger partial charge is 0.406 e. The molecule has 5 rings (SSSR count). The lowest BCUT2D eigenvalue weighted by Gasteiger charge is -2.28. The molecule has 1 aliphatic rings. The van der Waals surface area contributed by atoms with Crippen molar-refractivity contribution in [3.63, 3.8) is 0 Å². The van der Waals surface area contributed by atoms with Crippen LogP contribution in [0.5, 0.6) is 5.75 Å². The van der Waals surface area contributed by atoms with Crippen LogP contribution in [0, 0.1) is 0 Å². The Kier molecular flexibility index (Phi) is 7.20. The topological polar surface area (TPSA) is 89.3 Å². The Labute approximate surface area is 224 Å². The number of benzene rings is 1. The predicted octanol–water partition coefficient (Wildman–Crippen LogP) is 4.62. The lowest BCUT2D eigenvalue weighted by molar-refractivity contribution is -0.274. The molecule has 1 aromatic carbocycles. The van der Waals surface area contributed by atoms with Crippen molar-refractivity contribution in [2.75, 3.05) is 35.5 Å². The number of nitrogens with zero attached hydrogens (tertiary/aromatic N) is 5. The van der Waals surface area contributed by atoms with Gasteiger partial charge in [0.2, 0.25) is 0 Å². The lowest BCUT2D eigenvalue weighted by atomic mass is 10.2. The summed E-state index contributed by atoms with van der Waals surface area (Å²) in [7, 11) is -4.20. The predicted molar refractivity (Wildman–Crippen MR) is 137 cm³/mol. The lowest BCUT2D eigenvalue weighted by Crippen LogP contribution is -2.36. The van der Waals surface area contributed by atoms with Gasteiger partial charge in [-0.25, -0.2) is 22.7 Å². The maximum Gasteiger partial charge on any atom is 0.573 e. The molecule has 0 spiro atoms. The molecule has 200 valence electrons. The van der Waals surface area contributed by atoms with Gasteiger partial charge in [0.15, 0.2) is 5.82 Å². The number of aromatic nitrogens is 3. The van der Waals surface area contributed by atoms with Crippen molar-refractivity contribution in [3.8, 4) is 5.75 Å². The quantitative estimate of drug-likeness (QED) is 0.301. The van der Waals surface area contributed by atoms with Crippen molar-refractivity contribution in [2.45, 2.75) is 17.8 Å². The number of hydrogen-bond acceptors (Lipinski definition) is 7. The Morgan fingerprint density at radius 3 is 2.42 bits per heavy atom. The standard InChI is InChI=1S/C24H21BrF3N5O4S/c25-22-23(30-21-3-1-2-10-32(21)22)33(16-17-4-6-18(7-5-17)37-24(26,27)28)38(34,35)19-8-9-20(29-15-19)31-11-13-36-14-12-31/h1-10,15H,11-14,16H2. The summed E-state index contributed by atoms with van der Waals surface area (Å²) in [5, 5.41) is 0. The third-order valence-electron chi connectivity index (χ3n) is 5.82. The highest BCUT2D eigenvalue weighted by molar-refractivity contribution is 9.10. The number of fused-ring (bicyclic) bond motifs is 1. The summed E-state index contributed by atoms with van der Waals surface area (Å²) in [5.74, 6) is 0.338. The van der Waals surface area contributed by atoms with E-state index < -0.39 is 22.1 Å². The van der Waals surface area contributed by atoms with E-state index >= 15 is 0 Å². The molecule has 4 heterocycles. The van der Waals surface area contributed by atoms with Gasteiger partial charge < -0.3 is 14.4 Å². The van der Waals surface area contributed by atoms with Crippen LogP contribution in [0.25, 0.3) is 5.65 Å². The maximum atomic E-state index is 13.9. The van der Waals surface area contributed by atoms with Gasteiger partial charge in [0.1, 0.15) is 26.7 Å². The highest BCUT2D eigenvalue weighted by Crippen LogP contribution is 2.33. The van der Waals surface area contributed by atoms with Crippen LogP contribution in [0.4, 0.5) is 24.8 Å². The second-order valence-electron chi connectivity index (χ2n) is 8.31. The fourth-order valence-corrected chi connectivity index (χ4v) is 6.05. The van der Waals surface area contributed by atoms with Gasteiger partial charge in [-0.05, 0) is 57.9 Å². The SMILES string of the molecule is O=S(=O)(c1ccc(N2CCOCC2)nc1)N(Cc1ccc(OC(F)(F)F)cc1)c1nc2ccccn2c1Br. The number of pyridine rings is 2. The van der Waals surface area contributed by atoms with E-state index in [0.717, 1.165) is 16.4 Å². The minimum atomic E-state index is -4.83. The van der Waals surface area contributed by atoms with Crippen LogP contribution >= 0.6 is 15.9 Å². The van der Waals surface area contributed by atoms with Crippen LogP contribution in [0.1, 0.15) is 5.56 Å². The van der Waals surface area contributed by atoms with E-state index in [1.807, 2.05) is 4.90 Å². The Morgan fingerprint density at radius 1 is 1.05 bits per heavy atom. The summed E-state index contributed by atoms with van der Waals surface area (Å²) < 4.78 is 78.0. The molecular weight excluding hydrogens is 591 g/mol. The Balaban J connectivity index is 1.51. The largest absolute Gasteiger partial charge is 0.573 e. The molecule has 0 bridgehead atoms. The molecular formula is C24H21BrF3N5O4S. The first-order valence-corrected chi connectivity index (χ1v) is 13.6. The second kappa shape index (κ2) is 10.4. The van der Waals surface area contributed by atoms with Crippen LogP contribution in [-0.4, -0.2) is 55.5 Å². The summed E-state index contributed by atoms with van der Waals surface area (Å²) in [5.41, 5.74) is 0.925. The normalized spacial score (nSPS) is 14.6. The van der Waals surface area contributed by atoms with Crippen LogP contribution in [0.2, 0.25) is 0 Å². The molecule has 3 aromatic heterocycles. The summed E-state index contributed by atoms with van der Waals surface area (Å²) in [6.45, 7) is 2.21. The molecule has 1 saturated heterocycles. The fourth-order valence-electron chi connectivity index (χ4n) is 3.98. The summed E-state index contributed by atoms with van der Waals surface area (Å²) >= 11 is 3.45. The van der Waals surface area contributed by atoms with E-state index in [0.29, 0.717) is 47.9 Å². The molecule has 9 nitrogen and oxygen atoms in total. The van der Waals surface area contributed by atoms with Crippen LogP contribution in [0.3, 0.4) is 0 Å². The second-order valence-corrected chi connectivity index (χ2v) is 10.9. The van der Waals surface area contributed by atoms with E-state index in [4.69, 9.17) is 4.74 Å². The fraction of sp³-hybridized carbons (Fsp3) is 0.250. The number of morpholine rings is 1. The van der Waals surface area contributed by atoms with Gasteiger partial charge in [0.05, 0.1) is 19.8 Å². The monoisotopic (exact) mass is 611 g/mol. The average Bonchev–Trinajstić information content (AvgIpc) is 3.24. The molecule has 14 heteroatoms. The number of alkyl halides is 3. The van der Waals surface area contributed by atoms with Gasteiger partial charge >= 0.3 is 6.36 Å². The molecule has 0 amide bonds. The zero-order valence-electron chi connectivity index (χ0n) is 19.7. The molecule has 4 aromatic rings. The van der Waals surface area contributed by atoms with Gasteiger partial charge in [0, 0.05) is 25.5 Å². The number of anilines is 2. The van der Waals surface area contributed by atoms with Crippen molar-refractivity contribution in [3.05, 3.63) is 77.2 Å². The summed E-state index contributed by atoms with van der Waals surface area (Å²) in [4.78, 5) is 10.8. The zero-order chi connectivity index (χ0) is 26.9. The zero-order valence-corrected chi connectivity index (χ0v) is 22.1. The minimum absolute atomic E-state index is 0.0597. The molecule has 0 atom stereocenters. The van der Waals surface area contributed by atoms with Crippen molar-refractivity contribution >= 4 is 43.2 Å². The molecule has 0 radical (unpaired) electrons. The molecule has 38 heavy (non-hydrogen) atoms. The van der Waals surface area contributed by atoms with Gasteiger partial charge in [-0.2, -0.15) is 0 Å². The van der Waals surface area contributed by atoms with Crippen LogP contribution in [-0.2, 0) is 21.3 Å². The van der Waals surface area contributed by atoms with Gasteiger partial charge in [0.25, 0.3) is 10.0 Å². The average molecular weight is 612 g/mol. The molecule has 0 aliphatic carbocycles. The molecule has 0 unspecified atom stereocenters. The van der Waals surface area contributed by atoms with E-state index in [2.05, 4.69) is 30.6 Å². The molecule has 0 saturated carbocycles.